The maximum atomic E-state index is 11.7. The van der Waals surface area contributed by atoms with Crippen LogP contribution in [-0.2, 0) is 9.53 Å². The summed E-state index contributed by atoms with van der Waals surface area (Å²) in [5.41, 5.74) is 0.346. The zero-order valence-corrected chi connectivity index (χ0v) is 11.5. The van der Waals surface area contributed by atoms with Crippen LogP contribution >= 0.6 is 0 Å². The number of rotatable bonds is 6. The summed E-state index contributed by atoms with van der Waals surface area (Å²) in [4.78, 5) is 24.7. The fourth-order valence-corrected chi connectivity index (χ4v) is 1.39. The lowest BCUT2D eigenvalue weighted by Gasteiger charge is -2.15. The van der Waals surface area contributed by atoms with Crippen LogP contribution in [0.4, 0.5) is 0 Å². The lowest BCUT2D eigenvalue weighted by Crippen LogP contribution is -2.31. The molecule has 1 aromatic carbocycles. The first-order valence-corrected chi connectivity index (χ1v) is 6.00. The number of methoxy groups -OCH3 is 1. The van der Waals surface area contributed by atoms with E-state index in [1.807, 2.05) is 6.07 Å². The molecular formula is C14H16N2O4. The molecule has 0 aliphatic rings. The highest BCUT2D eigenvalue weighted by Gasteiger charge is 2.13. The van der Waals surface area contributed by atoms with Crippen LogP contribution < -0.4 is 4.74 Å². The number of benzene rings is 1. The summed E-state index contributed by atoms with van der Waals surface area (Å²) in [7, 11) is 3.09. The normalized spacial score (nSPS) is 9.45. The summed E-state index contributed by atoms with van der Waals surface area (Å²) in [5, 5.41) is 8.42. The van der Waals surface area contributed by atoms with Crippen molar-refractivity contribution in [3.8, 4) is 11.8 Å². The van der Waals surface area contributed by atoms with Gasteiger partial charge >= 0.3 is 5.97 Å². The van der Waals surface area contributed by atoms with Crippen LogP contribution in [0.5, 0.6) is 5.75 Å². The third-order valence-electron chi connectivity index (χ3n) is 2.64. The van der Waals surface area contributed by atoms with Gasteiger partial charge in [0.05, 0.1) is 25.2 Å². The Hall–Kier alpha value is -2.55. The van der Waals surface area contributed by atoms with E-state index >= 15 is 0 Å². The highest BCUT2D eigenvalue weighted by atomic mass is 16.5. The molecule has 1 rings (SSSR count). The maximum absolute atomic E-state index is 11.7. The molecule has 0 saturated heterocycles. The van der Waals surface area contributed by atoms with E-state index in [4.69, 9.17) is 14.7 Å². The van der Waals surface area contributed by atoms with Gasteiger partial charge in [-0.15, -0.1) is 0 Å². The number of hydrogen-bond donors (Lipinski definition) is 0. The first-order valence-electron chi connectivity index (χ1n) is 6.00. The highest BCUT2D eigenvalue weighted by Crippen LogP contribution is 2.12. The molecular weight excluding hydrogens is 260 g/mol. The second-order valence-electron chi connectivity index (χ2n) is 4.03. The van der Waals surface area contributed by atoms with Gasteiger partial charge in [0.25, 0.3) is 5.91 Å². The molecule has 0 saturated carbocycles. The summed E-state index contributed by atoms with van der Waals surface area (Å²) in [6, 6.07) is 8.34. The topological polar surface area (TPSA) is 79.6 Å². The molecule has 0 N–H and O–H groups in total. The van der Waals surface area contributed by atoms with Crippen molar-refractivity contribution in [3.63, 3.8) is 0 Å². The molecule has 0 bridgehead atoms. The minimum atomic E-state index is -0.574. The van der Waals surface area contributed by atoms with Gasteiger partial charge in [0.2, 0.25) is 0 Å². The van der Waals surface area contributed by atoms with Crippen molar-refractivity contribution in [3.05, 3.63) is 29.8 Å². The highest BCUT2D eigenvalue weighted by molar-refractivity contribution is 5.91. The smallest absolute Gasteiger partial charge is 0.338 e. The molecule has 106 valence electrons. The van der Waals surface area contributed by atoms with E-state index in [1.165, 1.54) is 12.0 Å². The molecule has 1 aromatic rings. The predicted octanol–water partition coefficient (Wildman–Crippen LogP) is 1.22. The summed E-state index contributed by atoms with van der Waals surface area (Å²) < 4.78 is 9.89. The zero-order chi connectivity index (χ0) is 15.0. The van der Waals surface area contributed by atoms with E-state index in [0.717, 1.165) is 0 Å². The average molecular weight is 276 g/mol. The number of hydrogen-bond acceptors (Lipinski definition) is 5. The molecule has 0 heterocycles. The number of likely N-dealkylation sites (N-methyl/N-ethyl adjacent to an activating group) is 1. The Morgan fingerprint density at radius 2 is 1.95 bits per heavy atom. The summed E-state index contributed by atoms with van der Waals surface area (Å²) in [6.45, 7) is -0.0256. The van der Waals surface area contributed by atoms with Crippen molar-refractivity contribution in [1.29, 1.82) is 5.26 Å². The lowest BCUT2D eigenvalue weighted by molar-refractivity contribution is -0.133. The van der Waals surface area contributed by atoms with Crippen LogP contribution in [0.1, 0.15) is 16.8 Å². The van der Waals surface area contributed by atoms with E-state index in [2.05, 4.69) is 0 Å². The van der Waals surface area contributed by atoms with Crippen molar-refractivity contribution in [1.82, 2.24) is 4.90 Å². The van der Waals surface area contributed by atoms with Crippen molar-refractivity contribution in [2.75, 3.05) is 27.3 Å². The summed E-state index contributed by atoms with van der Waals surface area (Å²) in [6.07, 6.45) is 0.245. The number of nitriles is 1. The molecule has 0 atom stereocenters. The Balaban J connectivity index is 2.46. The molecule has 0 unspecified atom stereocenters. The molecule has 0 spiro atoms. The first kappa shape index (κ1) is 15.5. The van der Waals surface area contributed by atoms with E-state index in [-0.39, 0.29) is 18.9 Å². The van der Waals surface area contributed by atoms with Crippen molar-refractivity contribution in [2.24, 2.45) is 0 Å². The van der Waals surface area contributed by atoms with Crippen molar-refractivity contribution < 1.29 is 19.1 Å². The molecule has 1 amide bonds. The molecule has 20 heavy (non-hydrogen) atoms. The number of carbonyl (C=O) groups excluding carboxylic acids is 2. The van der Waals surface area contributed by atoms with Gasteiger partial charge in [-0.2, -0.15) is 5.26 Å². The Kier molecular flexibility index (Phi) is 6.04. The maximum Gasteiger partial charge on any atom is 0.338 e. The molecule has 0 radical (unpaired) electrons. The summed E-state index contributed by atoms with van der Waals surface area (Å²) >= 11 is 0. The Morgan fingerprint density at radius 1 is 1.30 bits per heavy atom. The Labute approximate surface area is 117 Å². The van der Waals surface area contributed by atoms with Crippen LogP contribution in [0.3, 0.4) is 0 Å². The molecule has 6 nitrogen and oxygen atoms in total. The SMILES string of the molecule is COc1ccc(C(=O)OCC(=O)N(C)CCC#N)cc1. The second kappa shape index (κ2) is 7.79. The predicted molar refractivity (Wildman–Crippen MR) is 71.1 cm³/mol. The Bertz CT molecular complexity index is 505. The lowest BCUT2D eigenvalue weighted by atomic mass is 10.2. The van der Waals surface area contributed by atoms with Crippen LogP contribution in [0.25, 0.3) is 0 Å². The zero-order valence-electron chi connectivity index (χ0n) is 11.5. The number of ether oxygens (including phenoxy) is 2. The molecule has 0 aromatic heterocycles. The van der Waals surface area contributed by atoms with Crippen molar-refractivity contribution in [2.45, 2.75) is 6.42 Å². The van der Waals surface area contributed by atoms with E-state index in [1.54, 1.807) is 31.3 Å². The van der Waals surface area contributed by atoms with E-state index in [0.29, 0.717) is 17.9 Å². The molecule has 6 heteroatoms. The van der Waals surface area contributed by atoms with E-state index in [9.17, 15) is 9.59 Å². The molecule has 0 aliphatic carbocycles. The van der Waals surface area contributed by atoms with Crippen LogP contribution in [-0.4, -0.2) is 44.1 Å². The molecule has 0 fully saturated rings. The Morgan fingerprint density at radius 3 is 2.50 bits per heavy atom. The van der Waals surface area contributed by atoms with Gasteiger partial charge in [0, 0.05) is 13.6 Å². The number of nitrogens with zero attached hydrogens (tertiary/aromatic N) is 2. The van der Waals surface area contributed by atoms with Gasteiger partial charge in [-0.25, -0.2) is 4.79 Å². The fraction of sp³-hybridized carbons (Fsp3) is 0.357. The van der Waals surface area contributed by atoms with Crippen LogP contribution in [0.2, 0.25) is 0 Å². The monoisotopic (exact) mass is 276 g/mol. The van der Waals surface area contributed by atoms with Crippen LogP contribution in [0, 0.1) is 11.3 Å². The van der Waals surface area contributed by atoms with Gasteiger partial charge in [-0.1, -0.05) is 0 Å². The van der Waals surface area contributed by atoms with Gasteiger partial charge in [-0.3, -0.25) is 4.79 Å². The quantitative estimate of drug-likeness (QED) is 0.730. The van der Waals surface area contributed by atoms with E-state index < -0.39 is 5.97 Å². The van der Waals surface area contributed by atoms with Gasteiger partial charge < -0.3 is 14.4 Å². The van der Waals surface area contributed by atoms with Gasteiger partial charge in [0.1, 0.15) is 5.75 Å². The van der Waals surface area contributed by atoms with Gasteiger partial charge in [0.15, 0.2) is 6.61 Å². The first-order chi connectivity index (χ1) is 9.58. The summed E-state index contributed by atoms with van der Waals surface area (Å²) in [5.74, 6) is -0.286. The number of amides is 1. The van der Waals surface area contributed by atoms with Crippen LogP contribution in [0.15, 0.2) is 24.3 Å². The minimum absolute atomic E-state index is 0.245. The number of carbonyl (C=O) groups is 2. The number of esters is 1. The fourth-order valence-electron chi connectivity index (χ4n) is 1.39. The minimum Gasteiger partial charge on any atom is -0.497 e. The third kappa shape index (κ3) is 4.61. The largest absolute Gasteiger partial charge is 0.497 e. The molecule has 0 aliphatic heterocycles. The second-order valence-corrected chi connectivity index (χ2v) is 4.03. The van der Waals surface area contributed by atoms with Gasteiger partial charge in [-0.05, 0) is 24.3 Å². The van der Waals surface area contributed by atoms with Crippen molar-refractivity contribution >= 4 is 11.9 Å². The average Bonchev–Trinajstić information content (AvgIpc) is 2.49. The standard InChI is InChI=1S/C14H16N2O4/c1-16(9-3-8-15)13(17)10-20-14(18)11-4-6-12(19-2)7-5-11/h4-7H,3,9-10H2,1-2H3. The third-order valence-corrected chi connectivity index (χ3v) is 2.64.